The van der Waals surface area contributed by atoms with E-state index < -0.39 is 22.0 Å². The highest BCUT2D eigenvalue weighted by molar-refractivity contribution is 7.99. The fraction of sp³-hybridized carbons (Fsp3) is 0.0500. The highest BCUT2D eigenvalue weighted by Gasteiger charge is 2.31. The van der Waals surface area contributed by atoms with E-state index in [1.807, 2.05) is 0 Å². The highest BCUT2D eigenvalue weighted by atomic mass is 32.2. The molecule has 0 unspecified atom stereocenters. The summed E-state index contributed by atoms with van der Waals surface area (Å²) >= 11 is 1.09. The summed E-state index contributed by atoms with van der Waals surface area (Å²) in [4.78, 5) is 34.0. The first-order chi connectivity index (χ1) is 14.4. The van der Waals surface area contributed by atoms with Crippen LogP contribution in [0.2, 0.25) is 0 Å². The highest BCUT2D eigenvalue weighted by Crippen LogP contribution is 2.41. The van der Waals surface area contributed by atoms with Gasteiger partial charge in [0.15, 0.2) is 0 Å². The summed E-state index contributed by atoms with van der Waals surface area (Å²) < 4.78 is 5.40. The lowest BCUT2D eigenvalue weighted by Crippen LogP contribution is -2.10. The zero-order valence-electron chi connectivity index (χ0n) is 15.2. The lowest BCUT2D eigenvalue weighted by molar-refractivity contribution is -0.396. The number of nitrogens with one attached hydrogen (secondary N) is 1. The first-order valence-electron chi connectivity index (χ1n) is 8.70. The van der Waals surface area contributed by atoms with Crippen LogP contribution in [-0.2, 0) is 4.74 Å². The molecular formula is C20H13N3O6S. The SMILES string of the molecule is O=C1O[C@@H](Nc2ccccc2Sc2ccc([N+](=O)[O-])cc2[N+](=O)[O-])c2ccccc21. The molecule has 0 amide bonds. The number of ether oxygens (including phenoxy) is 1. The Labute approximate surface area is 174 Å². The van der Waals surface area contributed by atoms with Gasteiger partial charge in [0.05, 0.1) is 32.1 Å². The van der Waals surface area contributed by atoms with Gasteiger partial charge in [-0.15, -0.1) is 0 Å². The fourth-order valence-electron chi connectivity index (χ4n) is 3.04. The molecule has 0 aliphatic carbocycles. The average Bonchev–Trinajstić information content (AvgIpc) is 3.05. The number of para-hydroxylation sites is 1. The van der Waals surface area contributed by atoms with E-state index in [-0.39, 0.29) is 16.3 Å². The third kappa shape index (κ3) is 3.67. The van der Waals surface area contributed by atoms with E-state index in [2.05, 4.69) is 5.32 Å². The Kier molecular flexibility index (Phi) is 5.07. The van der Waals surface area contributed by atoms with Crippen molar-refractivity contribution in [3.8, 4) is 0 Å². The fourth-order valence-corrected chi connectivity index (χ4v) is 4.03. The second kappa shape index (κ2) is 7.84. The van der Waals surface area contributed by atoms with Gasteiger partial charge in [-0.1, -0.05) is 42.1 Å². The predicted octanol–water partition coefficient (Wildman–Crippen LogP) is 4.94. The number of carbonyl (C=O) groups excluding carboxylic acids is 1. The van der Waals surface area contributed by atoms with Gasteiger partial charge >= 0.3 is 5.97 Å². The topological polar surface area (TPSA) is 125 Å². The van der Waals surface area contributed by atoms with E-state index in [1.54, 1.807) is 48.5 Å². The number of carbonyl (C=O) groups is 1. The molecule has 1 atom stereocenters. The van der Waals surface area contributed by atoms with Crippen LogP contribution in [0.5, 0.6) is 0 Å². The van der Waals surface area contributed by atoms with Crippen LogP contribution < -0.4 is 5.32 Å². The van der Waals surface area contributed by atoms with Crippen LogP contribution in [0.25, 0.3) is 0 Å². The molecule has 4 rings (SSSR count). The number of esters is 1. The van der Waals surface area contributed by atoms with E-state index in [0.717, 1.165) is 17.8 Å². The number of fused-ring (bicyclic) bond motifs is 1. The minimum absolute atomic E-state index is 0.253. The number of anilines is 1. The molecule has 0 saturated carbocycles. The summed E-state index contributed by atoms with van der Waals surface area (Å²) in [5, 5.41) is 25.5. The number of nitro benzene ring substituents is 2. The molecule has 1 N–H and O–H groups in total. The summed E-state index contributed by atoms with van der Waals surface area (Å²) in [5.74, 6) is -0.431. The second-order valence-corrected chi connectivity index (χ2v) is 7.37. The predicted molar refractivity (Wildman–Crippen MR) is 109 cm³/mol. The van der Waals surface area contributed by atoms with Gasteiger partial charge in [0.25, 0.3) is 11.4 Å². The average molecular weight is 423 g/mol. The Morgan fingerprint density at radius 1 is 0.900 bits per heavy atom. The number of non-ortho nitro benzene ring substituents is 1. The minimum atomic E-state index is -0.692. The Hall–Kier alpha value is -3.92. The Morgan fingerprint density at radius 3 is 2.40 bits per heavy atom. The van der Waals surface area contributed by atoms with Crippen LogP contribution >= 0.6 is 11.8 Å². The van der Waals surface area contributed by atoms with Gasteiger partial charge in [0.2, 0.25) is 6.23 Å². The molecule has 1 heterocycles. The van der Waals surface area contributed by atoms with Crippen LogP contribution in [0.3, 0.4) is 0 Å². The zero-order chi connectivity index (χ0) is 21.3. The maximum atomic E-state index is 12.1. The summed E-state index contributed by atoms with van der Waals surface area (Å²) in [6.07, 6.45) is -0.692. The number of cyclic esters (lactones) is 1. The number of benzene rings is 3. The smallest absolute Gasteiger partial charge is 0.340 e. The van der Waals surface area contributed by atoms with E-state index in [4.69, 9.17) is 4.74 Å². The zero-order valence-corrected chi connectivity index (χ0v) is 16.0. The van der Waals surface area contributed by atoms with Crippen molar-refractivity contribution in [3.63, 3.8) is 0 Å². The van der Waals surface area contributed by atoms with Crippen molar-refractivity contribution in [2.45, 2.75) is 16.0 Å². The lowest BCUT2D eigenvalue weighted by atomic mass is 10.1. The van der Waals surface area contributed by atoms with Gasteiger partial charge in [0.1, 0.15) is 0 Å². The van der Waals surface area contributed by atoms with Gasteiger partial charge in [-0.25, -0.2) is 4.79 Å². The largest absolute Gasteiger partial charge is 0.434 e. The minimum Gasteiger partial charge on any atom is -0.434 e. The monoisotopic (exact) mass is 423 g/mol. The molecule has 1 aliphatic heterocycles. The lowest BCUT2D eigenvalue weighted by Gasteiger charge is -2.17. The van der Waals surface area contributed by atoms with E-state index in [9.17, 15) is 25.0 Å². The van der Waals surface area contributed by atoms with Gasteiger partial charge < -0.3 is 10.1 Å². The van der Waals surface area contributed by atoms with Crippen LogP contribution in [0.4, 0.5) is 17.1 Å². The molecule has 0 fully saturated rings. The Bertz CT molecular complexity index is 1180. The van der Waals surface area contributed by atoms with E-state index in [1.165, 1.54) is 12.1 Å². The van der Waals surface area contributed by atoms with Gasteiger partial charge in [-0.05, 0) is 24.3 Å². The van der Waals surface area contributed by atoms with Gasteiger partial charge in [-0.2, -0.15) is 0 Å². The third-order valence-corrected chi connectivity index (χ3v) is 5.57. The first-order valence-corrected chi connectivity index (χ1v) is 9.52. The van der Waals surface area contributed by atoms with Crippen molar-refractivity contribution in [3.05, 3.63) is 98.1 Å². The normalized spacial score (nSPS) is 14.7. The summed E-state index contributed by atoms with van der Waals surface area (Å²) in [7, 11) is 0. The first kappa shape index (κ1) is 19.4. The van der Waals surface area contributed by atoms with Crippen molar-refractivity contribution < 1.29 is 19.4 Å². The molecule has 9 nitrogen and oxygen atoms in total. The van der Waals surface area contributed by atoms with Gasteiger partial charge in [-0.3, -0.25) is 20.2 Å². The van der Waals surface area contributed by atoms with Crippen molar-refractivity contribution in [1.29, 1.82) is 0 Å². The molecule has 150 valence electrons. The van der Waals surface area contributed by atoms with Crippen LogP contribution in [0.1, 0.15) is 22.1 Å². The number of hydrogen-bond donors (Lipinski definition) is 1. The number of rotatable bonds is 6. The molecule has 30 heavy (non-hydrogen) atoms. The quantitative estimate of drug-likeness (QED) is 0.336. The van der Waals surface area contributed by atoms with Crippen LogP contribution in [-0.4, -0.2) is 15.8 Å². The molecule has 0 radical (unpaired) electrons. The number of nitrogens with zero attached hydrogens (tertiary/aromatic N) is 2. The number of hydrogen-bond acceptors (Lipinski definition) is 8. The van der Waals surface area contributed by atoms with E-state index in [0.29, 0.717) is 21.7 Å². The number of nitro groups is 2. The van der Waals surface area contributed by atoms with E-state index >= 15 is 0 Å². The Balaban J connectivity index is 1.65. The van der Waals surface area contributed by atoms with Gasteiger partial charge in [0, 0.05) is 16.5 Å². The third-order valence-electron chi connectivity index (χ3n) is 4.43. The van der Waals surface area contributed by atoms with Crippen molar-refractivity contribution in [1.82, 2.24) is 0 Å². The molecule has 0 saturated heterocycles. The molecule has 3 aromatic carbocycles. The molecule has 1 aliphatic rings. The van der Waals surface area contributed by atoms with Crippen molar-refractivity contribution >= 4 is 34.8 Å². The Morgan fingerprint density at radius 2 is 1.63 bits per heavy atom. The maximum Gasteiger partial charge on any atom is 0.340 e. The van der Waals surface area contributed by atoms with Crippen LogP contribution in [0, 0.1) is 20.2 Å². The molecule has 0 aromatic heterocycles. The maximum absolute atomic E-state index is 12.1. The van der Waals surface area contributed by atoms with Crippen LogP contribution in [0.15, 0.2) is 76.5 Å². The molecule has 3 aromatic rings. The standard InChI is InChI=1S/C20H13N3O6S/c24-20-14-6-2-1-5-13(14)19(29-20)21-15-7-3-4-8-17(15)30-18-10-9-12(22(25)26)11-16(18)23(27)28/h1-11,19,21H/t19-/m1/s1. The molecule has 10 heteroatoms. The van der Waals surface area contributed by atoms with Crippen molar-refractivity contribution in [2.24, 2.45) is 0 Å². The summed E-state index contributed by atoms with van der Waals surface area (Å²) in [6, 6.07) is 17.6. The summed E-state index contributed by atoms with van der Waals surface area (Å²) in [6.45, 7) is 0. The second-order valence-electron chi connectivity index (χ2n) is 6.28. The van der Waals surface area contributed by atoms with Crippen molar-refractivity contribution in [2.75, 3.05) is 5.32 Å². The molecule has 0 bridgehead atoms. The molecule has 0 spiro atoms. The summed E-state index contributed by atoms with van der Waals surface area (Å²) in [5.41, 5.74) is 1.06. The molecular weight excluding hydrogens is 410 g/mol.